The lowest BCUT2D eigenvalue weighted by molar-refractivity contribution is -0.207. The Hall–Kier alpha value is -2.76. The summed E-state index contributed by atoms with van der Waals surface area (Å²) in [6.07, 6.45) is 1.13. The van der Waals surface area contributed by atoms with Crippen molar-refractivity contribution in [3.8, 4) is 11.5 Å². The highest BCUT2D eigenvalue weighted by molar-refractivity contribution is 7.49. The number of carbonyl (C=O) groups is 1. The maximum atomic E-state index is 13.2. The largest absolute Gasteiger partial charge is 0.588 e. The first kappa shape index (κ1) is 19.0. The molecule has 1 heterocycles. The molecule has 0 amide bonds. The molecule has 3 rings (SSSR count). The first-order chi connectivity index (χ1) is 12.8. The third-order valence-electron chi connectivity index (χ3n) is 3.29. The van der Waals surface area contributed by atoms with Crippen LogP contribution in [-0.2, 0) is 23.4 Å². The molecule has 0 N–H and O–H groups in total. The Morgan fingerprint density at radius 3 is 1.89 bits per heavy atom. The normalized spacial score (nSPS) is 15.9. The van der Waals surface area contributed by atoms with Crippen molar-refractivity contribution < 1.29 is 32.4 Å². The maximum Gasteiger partial charge on any atom is 0.588 e. The average Bonchev–Trinajstić information content (AvgIpc) is 2.60. The summed E-state index contributed by atoms with van der Waals surface area (Å²) in [5, 5.41) is 0. The van der Waals surface area contributed by atoms with Crippen LogP contribution in [0, 0.1) is 0 Å². The number of phosphoric ester groups is 1. The van der Waals surface area contributed by atoms with Gasteiger partial charge in [-0.1, -0.05) is 36.4 Å². The van der Waals surface area contributed by atoms with Gasteiger partial charge in [0, 0.05) is 13.8 Å². The molecule has 0 radical (unpaired) electrons. The zero-order valence-corrected chi connectivity index (χ0v) is 15.8. The molecule has 0 saturated carbocycles. The van der Waals surface area contributed by atoms with Gasteiger partial charge < -0.3 is 18.5 Å². The molecule has 2 aromatic carbocycles. The minimum Gasteiger partial charge on any atom is -0.454 e. The molecule has 0 atom stereocenters. The lowest BCUT2D eigenvalue weighted by Crippen LogP contribution is -2.35. The van der Waals surface area contributed by atoms with Gasteiger partial charge in [-0.05, 0) is 24.3 Å². The standard InChI is InChI=1S/C19H19O7P/c1-19(2)23-17(13-18(20)24-19)14-22-27(21,25-15-9-5-3-6-10-15)26-16-11-7-4-8-12-16/h3-13H,14H2,1-2H3. The molecule has 0 unspecified atom stereocenters. The first-order valence-corrected chi connectivity index (χ1v) is 9.66. The van der Waals surface area contributed by atoms with E-state index in [4.69, 9.17) is 23.0 Å². The topological polar surface area (TPSA) is 80.3 Å². The van der Waals surface area contributed by atoms with Crippen LogP contribution in [0.2, 0.25) is 0 Å². The Kier molecular flexibility index (Phi) is 5.54. The highest BCUT2D eigenvalue weighted by atomic mass is 31.2. The zero-order chi connectivity index (χ0) is 19.3. The van der Waals surface area contributed by atoms with Crippen LogP contribution < -0.4 is 9.05 Å². The van der Waals surface area contributed by atoms with E-state index >= 15 is 0 Å². The number of esters is 1. The fraction of sp³-hybridized carbons (Fsp3) is 0.211. The van der Waals surface area contributed by atoms with E-state index in [2.05, 4.69) is 0 Å². The summed E-state index contributed by atoms with van der Waals surface area (Å²) in [4.78, 5) is 11.6. The minimum atomic E-state index is -4.06. The number of rotatable bonds is 7. The number of phosphoric acid groups is 1. The first-order valence-electron chi connectivity index (χ1n) is 8.20. The third kappa shape index (κ3) is 5.61. The number of benzene rings is 2. The van der Waals surface area contributed by atoms with Gasteiger partial charge in [0.1, 0.15) is 23.9 Å². The summed E-state index contributed by atoms with van der Waals surface area (Å²) < 4.78 is 40.1. The second kappa shape index (κ2) is 7.86. The smallest absolute Gasteiger partial charge is 0.454 e. The fourth-order valence-corrected chi connectivity index (χ4v) is 3.46. The van der Waals surface area contributed by atoms with E-state index < -0.39 is 19.6 Å². The molecule has 7 nitrogen and oxygen atoms in total. The minimum absolute atomic E-state index is 0.157. The summed E-state index contributed by atoms with van der Waals surface area (Å²) >= 11 is 0. The highest BCUT2D eigenvalue weighted by Crippen LogP contribution is 2.50. The molecule has 1 aliphatic rings. The molecule has 142 valence electrons. The van der Waals surface area contributed by atoms with Crippen LogP contribution in [0.1, 0.15) is 13.8 Å². The van der Waals surface area contributed by atoms with Gasteiger partial charge in [0.2, 0.25) is 5.79 Å². The molecule has 0 bridgehead atoms. The van der Waals surface area contributed by atoms with E-state index in [0.717, 1.165) is 6.08 Å². The predicted molar refractivity (Wildman–Crippen MR) is 97.0 cm³/mol. The quantitative estimate of drug-likeness (QED) is 0.510. The lowest BCUT2D eigenvalue weighted by atomic mass is 10.3. The number of carbonyl (C=O) groups excluding carboxylic acids is 1. The van der Waals surface area contributed by atoms with Gasteiger partial charge >= 0.3 is 13.8 Å². The summed E-state index contributed by atoms with van der Waals surface area (Å²) in [5.41, 5.74) is 0. The van der Waals surface area contributed by atoms with E-state index in [1.54, 1.807) is 74.5 Å². The Morgan fingerprint density at radius 1 is 0.889 bits per heavy atom. The zero-order valence-electron chi connectivity index (χ0n) is 14.9. The second-order valence-electron chi connectivity index (χ2n) is 6.06. The van der Waals surface area contributed by atoms with Gasteiger partial charge in [0.15, 0.2) is 0 Å². The Bertz CT molecular complexity index is 817. The number of ether oxygens (including phenoxy) is 2. The number of hydrogen-bond acceptors (Lipinski definition) is 7. The maximum absolute atomic E-state index is 13.2. The van der Waals surface area contributed by atoms with Crippen molar-refractivity contribution in [2.75, 3.05) is 6.61 Å². The van der Waals surface area contributed by atoms with Gasteiger partial charge in [0.05, 0.1) is 6.08 Å². The average molecular weight is 390 g/mol. The lowest BCUT2D eigenvalue weighted by Gasteiger charge is -2.30. The summed E-state index contributed by atoms with van der Waals surface area (Å²) in [7, 11) is -4.06. The van der Waals surface area contributed by atoms with Crippen molar-refractivity contribution in [2.24, 2.45) is 0 Å². The Morgan fingerprint density at radius 2 is 1.41 bits per heavy atom. The molecule has 27 heavy (non-hydrogen) atoms. The molecule has 0 fully saturated rings. The predicted octanol–water partition coefficient (Wildman–Crippen LogP) is 4.46. The van der Waals surface area contributed by atoms with E-state index in [9.17, 15) is 9.36 Å². The molecule has 0 aliphatic carbocycles. The van der Waals surface area contributed by atoms with Gasteiger partial charge in [-0.2, -0.15) is 0 Å². The van der Waals surface area contributed by atoms with Crippen LogP contribution in [-0.4, -0.2) is 18.4 Å². The second-order valence-corrected chi connectivity index (χ2v) is 7.58. The van der Waals surface area contributed by atoms with Crippen molar-refractivity contribution in [1.82, 2.24) is 0 Å². The van der Waals surface area contributed by atoms with Gasteiger partial charge in [0.25, 0.3) is 0 Å². The van der Waals surface area contributed by atoms with E-state index in [-0.39, 0.29) is 12.4 Å². The molecule has 8 heteroatoms. The van der Waals surface area contributed by atoms with Gasteiger partial charge in [-0.3, -0.25) is 4.52 Å². The van der Waals surface area contributed by atoms with Crippen LogP contribution in [0.25, 0.3) is 0 Å². The Labute approximate surface area is 157 Å². The number of para-hydroxylation sites is 2. The third-order valence-corrected chi connectivity index (χ3v) is 4.60. The van der Waals surface area contributed by atoms with Crippen molar-refractivity contribution in [3.05, 3.63) is 72.5 Å². The van der Waals surface area contributed by atoms with Gasteiger partial charge in [-0.15, -0.1) is 0 Å². The van der Waals surface area contributed by atoms with E-state index in [0.29, 0.717) is 11.5 Å². The molecule has 0 spiro atoms. The monoisotopic (exact) mass is 390 g/mol. The van der Waals surface area contributed by atoms with E-state index in [1.165, 1.54) is 0 Å². The van der Waals surface area contributed by atoms with Crippen molar-refractivity contribution >= 4 is 13.8 Å². The van der Waals surface area contributed by atoms with Crippen LogP contribution in [0.15, 0.2) is 72.5 Å². The molecule has 1 aliphatic heterocycles. The molecule has 0 aromatic heterocycles. The molecule has 0 saturated heterocycles. The van der Waals surface area contributed by atoms with Gasteiger partial charge in [-0.25, -0.2) is 9.36 Å². The van der Waals surface area contributed by atoms with Crippen LogP contribution in [0.5, 0.6) is 11.5 Å². The number of cyclic esters (lactones) is 1. The van der Waals surface area contributed by atoms with Crippen molar-refractivity contribution in [3.63, 3.8) is 0 Å². The van der Waals surface area contributed by atoms with Crippen molar-refractivity contribution in [1.29, 1.82) is 0 Å². The van der Waals surface area contributed by atoms with Crippen LogP contribution in [0.3, 0.4) is 0 Å². The number of hydrogen-bond donors (Lipinski definition) is 0. The summed E-state index contributed by atoms with van der Waals surface area (Å²) in [6.45, 7) is 2.87. The summed E-state index contributed by atoms with van der Waals surface area (Å²) in [5.74, 6) is -0.933. The fourth-order valence-electron chi connectivity index (χ4n) is 2.28. The molecule has 2 aromatic rings. The Balaban J connectivity index is 1.77. The highest BCUT2D eigenvalue weighted by Gasteiger charge is 2.35. The van der Waals surface area contributed by atoms with Crippen LogP contribution in [0.4, 0.5) is 0 Å². The summed E-state index contributed by atoms with van der Waals surface area (Å²) in [6, 6.07) is 17.0. The SMILES string of the molecule is CC1(C)OC(=O)C=C(COP(=O)(Oc2ccccc2)Oc2ccccc2)O1. The van der Waals surface area contributed by atoms with Crippen LogP contribution >= 0.6 is 7.82 Å². The van der Waals surface area contributed by atoms with E-state index in [1.807, 2.05) is 0 Å². The van der Waals surface area contributed by atoms with Crippen molar-refractivity contribution in [2.45, 2.75) is 19.6 Å². The molecular weight excluding hydrogens is 371 g/mol. The molecular formula is C19H19O7P.